The Morgan fingerprint density at radius 2 is 1.07 bits per heavy atom. The monoisotopic (exact) mass is 514 g/mol. The summed E-state index contributed by atoms with van der Waals surface area (Å²) in [5.41, 5.74) is 7.70. The van der Waals surface area contributed by atoms with Crippen molar-refractivity contribution in [2.24, 2.45) is 9.98 Å². The summed E-state index contributed by atoms with van der Waals surface area (Å²) in [6.45, 7) is 0. The van der Waals surface area contributed by atoms with Gasteiger partial charge in [0.05, 0.1) is 0 Å². The molecule has 1 aromatic heterocycles. The average molecular weight is 515 g/mol. The summed E-state index contributed by atoms with van der Waals surface area (Å²) >= 11 is 0. The molecule has 0 radical (unpaired) electrons. The molecule has 2 heterocycles. The summed E-state index contributed by atoms with van der Waals surface area (Å²) in [4.78, 5) is 14.6. The number of benzene rings is 5. The number of nitrogens with one attached hydrogen (secondary N) is 1. The van der Waals surface area contributed by atoms with Crippen molar-refractivity contribution in [3.8, 4) is 22.3 Å². The molecule has 1 aliphatic heterocycles. The first-order valence-electron chi connectivity index (χ1n) is 13.4. The number of amidine groups is 2. The van der Waals surface area contributed by atoms with Gasteiger partial charge in [0.1, 0.15) is 11.7 Å². The van der Waals surface area contributed by atoms with Crippen molar-refractivity contribution in [2.45, 2.75) is 6.17 Å². The summed E-state index contributed by atoms with van der Waals surface area (Å²) in [7, 11) is 0. The van der Waals surface area contributed by atoms with Crippen LogP contribution in [0.2, 0.25) is 0 Å². The summed E-state index contributed by atoms with van der Waals surface area (Å²) in [6, 6.07) is 46.1. The van der Waals surface area contributed by atoms with Gasteiger partial charge in [-0.2, -0.15) is 0 Å². The van der Waals surface area contributed by atoms with Crippen molar-refractivity contribution in [3.63, 3.8) is 0 Å². The van der Waals surface area contributed by atoms with Gasteiger partial charge in [-0.15, -0.1) is 0 Å². The molecule has 0 amide bonds. The fourth-order valence-electron chi connectivity index (χ4n) is 5.28. The lowest BCUT2D eigenvalue weighted by Gasteiger charge is -2.24. The molecule has 0 saturated carbocycles. The Kier molecular flexibility index (Phi) is 6.19. The van der Waals surface area contributed by atoms with Gasteiger partial charge in [0.15, 0.2) is 6.17 Å². The van der Waals surface area contributed by atoms with Gasteiger partial charge in [0.25, 0.3) is 0 Å². The molecule has 7 rings (SSSR count). The van der Waals surface area contributed by atoms with Crippen molar-refractivity contribution < 1.29 is 0 Å². The van der Waals surface area contributed by atoms with Gasteiger partial charge in [0, 0.05) is 29.1 Å². The number of nitrogens with zero attached hydrogens (tertiary/aromatic N) is 3. The molecule has 0 atom stereocenters. The van der Waals surface area contributed by atoms with Crippen LogP contribution in [0.1, 0.15) is 22.9 Å². The van der Waals surface area contributed by atoms with Crippen molar-refractivity contribution in [1.82, 2.24) is 10.3 Å². The van der Waals surface area contributed by atoms with Crippen molar-refractivity contribution in [3.05, 3.63) is 163 Å². The quantitative estimate of drug-likeness (QED) is 0.253. The Morgan fingerprint density at radius 1 is 0.475 bits per heavy atom. The van der Waals surface area contributed by atoms with Crippen LogP contribution in [0.3, 0.4) is 0 Å². The van der Waals surface area contributed by atoms with Crippen molar-refractivity contribution >= 4 is 22.4 Å². The summed E-state index contributed by atoms with van der Waals surface area (Å²) in [5.74, 6) is 1.63. The van der Waals surface area contributed by atoms with E-state index in [9.17, 15) is 0 Å². The van der Waals surface area contributed by atoms with E-state index in [-0.39, 0.29) is 0 Å². The van der Waals surface area contributed by atoms with Crippen LogP contribution in [0, 0.1) is 0 Å². The highest BCUT2D eigenvalue weighted by Crippen LogP contribution is 2.37. The van der Waals surface area contributed by atoms with E-state index in [4.69, 9.17) is 9.98 Å². The zero-order valence-corrected chi connectivity index (χ0v) is 21.8. The minimum absolute atomic E-state index is 0.397. The topological polar surface area (TPSA) is 49.6 Å². The number of rotatable bonds is 5. The Labute approximate surface area is 233 Å². The Hall–Kier alpha value is -5.35. The molecule has 0 aliphatic carbocycles. The molecule has 0 saturated heterocycles. The van der Waals surface area contributed by atoms with Crippen LogP contribution in [0.5, 0.6) is 0 Å². The van der Waals surface area contributed by atoms with E-state index in [1.54, 1.807) is 6.20 Å². The van der Waals surface area contributed by atoms with Crippen molar-refractivity contribution in [2.75, 3.05) is 0 Å². The van der Waals surface area contributed by atoms with Gasteiger partial charge >= 0.3 is 0 Å². The highest BCUT2D eigenvalue weighted by molar-refractivity contribution is 6.16. The van der Waals surface area contributed by atoms with Gasteiger partial charge in [0.2, 0.25) is 0 Å². The molecule has 0 bridgehead atoms. The summed E-state index contributed by atoms with van der Waals surface area (Å²) in [6.07, 6.45) is 3.30. The first kappa shape index (κ1) is 23.7. The first-order valence-corrected chi connectivity index (χ1v) is 13.4. The van der Waals surface area contributed by atoms with Crippen molar-refractivity contribution in [1.29, 1.82) is 0 Å². The smallest absolute Gasteiger partial charge is 0.170 e. The third-order valence-corrected chi connectivity index (χ3v) is 7.24. The fraction of sp³-hybridized carbons (Fsp3) is 0.0278. The highest BCUT2D eigenvalue weighted by atomic mass is 15.2. The van der Waals surface area contributed by atoms with E-state index < -0.39 is 6.17 Å². The molecule has 0 unspecified atom stereocenters. The average Bonchev–Trinajstić information content (AvgIpc) is 3.05. The van der Waals surface area contributed by atoms with E-state index in [0.29, 0.717) is 0 Å². The molecule has 40 heavy (non-hydrogen) atoms. The van der Waals surface area contributed by atoms with Crippen LogP contribution in [-0.4, -0.2) is 16.7 Å². The molecular weight excluding hydrogens is 488 g/mol. The lowest BCUT2D eigenvalue weighted by Crippen LogP contribution is -2.36. The van der Waals surface area contributed by atoms with E-state index in [1.807, 2.05) is 48.7 Å². The van der Waals surface area contributed by atoms with Gasteiger partial charge in [-0.25, -0.2) is 9.98 Å². The third-order valence-electron chi connectivity index (χ3n) is 7.24. The Bertz CT molecular complexity index is 1780. The van der Waals surface area contributed by atoms with Crippen LogP contribution in [0.15, 0.2) is 156 Å². The SMILES string of the molecule is c1ccc(C2=NC(c3cccc4cccc(-c5ccc(-c6cccnc6)cc5)c34)N=C(c3ccccc3)N2)cc1. The predicted octanol–water partition coefficient (Wildman–Crippen LogP) is 8.06. The maximum Gasteiger partial charge on any atom is 0.170 e. The zero-order chi connectivity index (χ0) is 26.7. The second-order valence-corrected chi connectivity index (χ2v) is 9.76. The van der Waals surface area contributed by atoms with Crippen LogP contribution in [0.4, 0.5) is 0 Å². The van der Waals surface area contributed by atoms with Crippen LogP contribution in [0.25, 0.3) is 33.0 Å². The van der Waals surface area contributed by atoms with E-state index >= 15 is 0 Å². The predicted molar refractivity (Wildman–Crippen MR) is 164 cm³/mol. The molecule has 4 nitrogen and oxygen atoms in total. The number of hydrogen-bond acceptors (Lipinski definition) is 4. The number of pyridine rings is 1. The Balaban J connectivity index is 1.38. The first-order chi connectivity index (χ1) is 19.8. The lowest BCUT2D eigenvalue weighted by molar-refractivity contribution is 0.762. The van der Waals surface area contributed by atoms with Crippen LogP contribution >= 0.6 is 0 Å². The highest BCUT2D eigenvalue weighted by Gasteiger charge is 2.23. The van der Waals surface area contributed by atoms with E-state index in [2.05, 4.69) is 101 Å². The van der Waals surface area contributed by atoms with E-state index in [0.717, 1.165) is 56.0 Å². The van der Waals surface area contributed by atoms with E-state index in [1.165, 1.54) is 5.39 Å². The molecule has 6 aromatic rings. The summed E-state index contributed by atoms with van der Waals surface area (Å²) < 4.78 is 0. The third kappa shape index (κ3) is 4.56. The number of aliphatic imine (C=N–C) groups is 2. The lowest BCUT2D eigenvalue weighted by atomic mass is 9.92. The number of hydrogen-bond donors (Lipinski definition) is 1. The molecule has 5 aromatic carbocycles. The standard InChI is InChI=1S/C36H26N4/c1-3-10-28(11-4-1)34-38-35(29-12-5-2-6-13-29)40-36(39-34)32-18-8-15-27-14-7-17-31(33(27)32)26-21-19-25(20-22-26)30-16-9-23-37-24-30/h1-24,36H,(H,38,39,40). The second kappa shape index (κ2) is 10.4. The van der Waals surface area contributed by atoms with Gasteiger partial charge in [-0.05, 0) is 39.1 Å². The van der Waals surface area contributed by atoms with Gasteiger partial charge < -0.3 is 5.32 Å². The van der Waals surface area contributed by atoms with Crippen LogP contribution < -0.4 is 5.32 Å². The maximum absolute atomic E-state index is 5.15. The molecule has 1 aliphatic rings. The minimum Gasteiger partial charge on any atom is -0.324 e. The minimum atomic E-state index is -0.397. The Morgan fingerprint density at radius 3 is 1.70 bits per heavy atom. The number of aromatic nitrogens is 1. The molecule has 190 valence electrons. The largest absolute Gasteiger partial charge is 0.324 e. The molecule has 4 heteroatoms. The zero-order valence-electron chi connectivity index (χ0n) is 21.8. The number of fused-ring (bicyclic) bond motifs is 1. The molecular formula is C36H26N4. The maximum atomic E-state index is 5.15. The summed E-state index contributed by atoms with van der Waals surface area (Å²) in [5, 5.41) is 5.83. The molecule has 0 fully saturated rings. The van der Waals surface area contributed by atoms with Crippen LogP contribution in [-0.2, 0) is 0 Å². The normalized spacial score (nSPS) is 13.4. The molecule has 1 N–H and O–H groups in total. The van der Waals surface area contributed by atoms with Gasteiger partial charge in [-0.1, -0.05) is 127 Å². The molecule has 0 spiro atoms. The fourth-order valence-corrected chi connectivity index (χ4v) is 5.28. The van der Waals surface area contributed by atoms with Gasteiger partial charge in [-0.3, -0.25) is 4.98 Å². The second-order valence-electron chi connectivity index (χ2n) is 9.76.